The van der Waals surface area contributed by atoms with Gasteiger partial charge in [0.1, 0.15) is 12.4 Å². The van der Waals surface area contributed by atoms with Crippen LogP contribution in [0, 0.1) is 12.8 Å². The van der Waals surface area contributed by atoms with Gasteiger partial charge in [0.05, 0.1) is 0 Å². The molecule has 0 saturated carbocycles. The Kier molecular flexibility index (Phi) is 5.26. The summed E-state index contributed by atoms with van der Waals surface area (Å²) in [5.41, 5.74) is 1.84. The smallest absolute Gasteiger partial charge is 0.319 e. The van der Waals surface area contributed by atoms with Gasteiger partial charge in [0.25, 0.3) is 0 Å². The van der Waals surface area contributed by atoms with Crippen LogP contribution in [0.5, 0.6) is 0 Å². The molecule has 0 bridgehead atoms. The van der Waals surface area contributed by atoms with Gasteiger partial charge in [-0.15, -0.1) is 0 Å². The Morgan fingerprint density at radius 3 is 2.69 bits per heavy atom. The number of urea groups is 1. The molecule has 0 unspecified atom stereocenters. The number of H-pyrrole nitrogens is 1. The van der Waals surface area contributed by atoms with Crippen molar-refractivity contribution in [2.45, 2.75) is 33.2 Å². The summed E-state index contributed by atoms with van der Waals surface area (Å²) in [4.78, 5) is 20.7. The number of amides is 2. The predicted molar refractivity (Wildman–Crippen MR) is 95.2 cm³/mol. The number of rotatable bonds is 6. The highest BCUT2D eigenvalue weighted by Gasteiger charge is 2.23. The zero-order valence-electron chi connectivity index (χ0n) is 14.9. The van der Waals surface area contributed by atoms with Crippen molar-refractivity contribution in [2.24, 2.45) is 5.92 Å². The van der Waals surface area contributed by atoms with E-state index >= 15 is 0 Å². The topological polar surface area (TPSA) is 122 Å². The molecule has 1 aromatic carbocycles. The molecule has 136 valence electrons. The van der Waals surface area contributed by atoms with Crippen molar-refractivity contribution in [3.8, 4) is 11.6 Å². The van der Waals surface area contributed by atoms with Crippen LogP contribution in [-0.4, -0.2) is 31.4 Å². The van der Waals surface area contributed by atoms with Crippen LogP contribution in [0.3, 0.4) is 0 Å². The molecule has 9 nitrogen and oxygen atoms in total. The van der Waals surface area contributed by atoms with Gasteiger partial charge in [0.2, 0.25) is 11.7 Å². The van der Waals surface area contributed by atoms with E-state index in [-0.39, 0.29) is 6.03 Å². The number of aryl methyl sites for hydroxylation is 1. The molecule has 3 rings (SSSR count). The minimum Gasteiger partial charge on any atom is -0.337 e. The van der Waals surface area contributed by atoms with E-state index in [4.69, 9.17) is 4.52 Å². The average Bonchev–Trinajstić information content (AvgIpc) is 3.27. The standard InChI is InChI=1S/C17H21N7O2/c1-10(2)8-13(16-22-15(24-26-16)14-18-9-19-23-14)21-17(25)20-12-6-4-11(3)5-7-12/h4-7,9-10,13H,8H2,1-3H3,(H,18,19,23)(H2,20,21,25)/t13-/m0/s1. The summed E-state index contributed by atoms with van der Waals surface area (Å²) >= 11 is 0. The van der Waals surface area contributed by atoms with E-state index in [0.717, 1.165) is 5.56 Å². The number of benzene rings is 1. The van der Waals surface area contributed by atoms with Crippen LogP contribution in [0.15, 0.2) is 35.1 Å². The van der Waals surface area contributed by atoms with Crippen LogP contribution < -0.4 is 10.6 Å². The summed E-state index contributed by atoms with van der Waals surface area (Å²) in [6.07, 6.45) is 2.02. The van der Waals surface area contributed by atoms with E-state index in [1.54, 1.807) is 0 Å². The van der Waals surface area contributed by atoms with Crippen molar-refractivity contribution < 1.29 is 9.32 Å². The third-order valence-electron chi connectivity index (χ3n) is 3.69. The number of carbonyl (C=O) groups excluding carboxylic acids is 1. The lowest BCUT2D eigenvalue weighted by Gasteiger charge is -2.17. The summed E-state index contributed by atoms with van der Waals surface area (Å²) in [5.74, 6) is 1.35. The highest BCUT2D eigenvalue weighted by molar-refractivity contribution is 5.89. The second kappa shape index (κ2) is 7.77. The maximum Gasteiger partial charge on any atom is 0.319 e. The van der Waals surface area contributed by atoms with Crippen LogP contribution >= 0.6 is 0 Å². The second-order valence-corrected chi connectivity index (χ2v) is 6.44. The monoisotopic (exact) mass is 355 g/mol. The van der Waals surface area contributed by atoms with Crippen molar-refractivity contribution in [3.05, 3.63) is 42.0 Å². The maximum atomic E-state index is 12.4. The maximum absolute atomic E-state index is 12.4. The molecule has 0 aliphatic carbocycles. The Bertz CT molecular complexity index is 840. The lowest BCUT2D eigenvalue weighted by atomic mass is 10.0. The minimum atomic E-state index is -0.412. The Hall–Kier alpha value is -3.23. The van der Waals surface area contributed by atoms with Gasteiger partial charge in [-0.1, -0.05) is 36.7 Å². The summed E-state index contributed by atoms with van der Waals surface area (Å²) in [6.45, 7) is 6.10. The van der Waals surface area contributed by atoms with Crippen molar-refractivity contribution >= 4 is 11.7 Å². The van der Waals surface area contributed by atoms with Crippen LogP contribution in [0.2, 0.25) is 0 Å². The van der Waals surface area contributed by atoms with Crippen LogP contribution in [0.1, 0.15) is 37.8 Å². The predicted octanol–water partition coefficient (Wildman–Crippen LogP) is 3.07. The first-order chi connectivity index (χ1) is 12.5. The Balaban J connectivity index is 1.71. The highest BCUT2D eigenvalue weighted by Crippen LogP contribution is 2.22. The SMILES string of the molecule is Cc1ccc(NC(=O)N[C@@H](CC(C)C)c2nc(-c3ncn[nH]3)no2)cc1. The first-order valence-electron chi connectivity index (χ1n) is 8.35. The number of anilines is 1. The van der Waals surface area contributed by atoms with E-state index in [0.29, 0.717) is 35.6 Å². The number of hydrogen-bond donors (Lipinski definition) is 3. The molecule has 2 heterocycles. The van der Waals surface area contributed by atoms with Crippen molar-refractivity contribution in [2.75, 3.05) is 5.32 Å². The molecule has 9 heteroatoms. The van der Waals surface area contributed by atoms with Crippen molar-refractivity contribution in [3.63, 3.8) is 0 Å². The van der Waals surface area contributed by atoms with Crippen molar-refractivity contribution in [1.29, 1.82) is 0 Å². The molecule has 3 aromatic rings. The van der Waals surface area contributed by atoms with E-state index in [1.807, 2.05) is 31.2 Å². The van der Waals surface area contributed by atoms with Crippen LogP contribution in [0.4, 0.5) is 10.5 Å². The molecule has 2 aromatic heterocycles. The third-order valence-corrected chi connectivity index (χ3v) is 3.69. The van der Waals surface area contributed by atoms with Crippen LogP contribution in [-0.2, 0) is 0 Å². The molecule has 0 radical (unpaired) electrons. The average molecular weight is 355 g/mol. The molecule has 0 spiro atoms. The molecule has 3 N–H and O–H groups in total. The molecular weight excluding hydrogens is 334 g/mol. The highest BCUT2D eigenvalue weighted by atomic mass is 16.5. The van der Waals surface area contributed by atoms with E-state index in [9.17, 15) is 4.79 Å². The van der Waals surface area contributed by atoms with E-state index in [1.165, 1.54) is 6.33 Å². The fourth-order valence-electron chi connectivity index (χ4n) is 2.44. The summed E-state index contributed by atoms with van der Waals surface area (Å²) in [5, 5.41) is 16.0. The fourth-order valence-corrected chi connectivity index (χ4v) is 2.44. The first kappa shape index (κ1) is 17.6. The summed E-state index contributed by atoms with van der Waals surface area (Å²) in [7, 11) is 0. The minimum absolute atomic E-state index is 0.298. The van der Waals surface area contributed by atoms with Crippen LogP contribution in [0.25, 0.3) is 11.6 Å². The van der Waals surface area contributed by atoms with Crippen molar-refractivity contribution in [1.82, 2.24) is 30.6 Å². The number of aromatic amines is 1. The number of nitrogens with zero attached hydrogens (tertiary/aromatic N) is 4. The second-order valence-electron chi connectivity index (χ2n) is 6.44. The molecule has 1 atom stereocenters. The Morgan fingerprint density at radius 2 is 2.04 bits per heavy atom. The van der Waals surface area contributed by atoms with E-state index in [2.05, 4.69) is 49.8 Å². The van der Waals surface area contributed by atoms with Gasteiger partial charge in [-0.25, -0.2) is 9.78 Å². The number of nitrogens with one attached hydrogen (secondary N) is 3. The first-order valence-corrected chi connectivity index (χ1v) is 8.35. The molecule has 0 aliphatic rings. The van der Waals surface area contributed by atoms with Gasteiger partial charge in [-0.05, 0) is 31.4 Å². The lowest BCUT2D eigenvalue weighted by Crippen LogP contribution is -2.33. The molecule has 26 heavy (non-hydrogen) atoms. The van der Waals surface area contributed by atoms with Gasteiger partial charge in [0, 0.05) is 5.69 Å². The summed E-state index contributed by atoms with van der Waals surface area (Å²) < 4.78 is 5.33. The normalized spacial score (nSPS) is 12.2. The number of aromatic nitrogens is 5. The van der Waals surface area contributed by atoms with E-state index < -0.39 is 6.04 Å². The van der Waals surface area contributed by atoms with Gasteiger partial charge in [0.15, 0.2) is 5.82 Å². The molecule has 0 saturated heterocycles. The quantitative estimate of drug-likeness (QED) is 0.625. The van der Waals surface area contributed by atoms with Gasteiger partial charge < -0.3 is 15.2 Å². The zero-order chi connectivity index (χ0) is 18.5. The molecule has 2 amide bonds. The Labute approximate surface area is 150 Å². The molecular formula is C17H21N7O2. The number of carbonyl (C=O) groups is 1. The zero-order valence-corrected chi connectivity index (χ0v) is 14.9. The number of hydrogen-bond acceptors (Lipinski definition) is 6. The lowest BCUT2D eigenvalue weighted by molar-refractivity contribution is 0.240. The largest absolute Gasteiger partial charge is 0.337 e. The van der Waals surface area contributed by atoms with Gasteiger partial charge in [-0.2, -0.15) is 10.1 Å². The Morgan fingerprint density at radius 1 is 1.27 bits per heavy atom. The van der Waals surface area contributed by atoms with Gasteiger partial charge in [-0.3, -0.25) is 5.10 Å². The molecule has 0 fully saturated rings. The summed E-state index contributed by atoms with van der Waals surface area (Å²) in [6, 6.07) is 6.82. The molecule has 0 aliphatic heterocycles. The third kappa shape index (κ3) is 4.44. The fraction of sp³-hybridized carbons (Fsp3) is 0.353. The van der Waals surface area contributed by atoms with Gasteiger partial charge >= 0.3 is 6.03 Å².